The SMILES string of the molecule is CC1(C)CC(=O)C2=C(C1)OC1=C(CC(C)(C)CC1=O)[C@@]21C(=O)Nc2ccccc21. The normalized spacial score (nSPS) is 29.3. The van der Waals surface area contributed by atoms with Crippen LogP contribution in [0.1, 0.15) is 58.9 Å². The lowest BCUT2D eigenvalue weighted by molar-refractivity contribution is -0.127. The summed E-state index contributed by atoms with van der Waals surface area (Å²) in [5.41, 5.74) is 0.690. The summed E-state index contributed by atoms with van der Waals surface area (Å²) in [7, 11) is 0. The van der Waals surface area contributed by atoms with Crippen LogP contribution in [0.25, 0.3) is 0 Å². The number of ketones is 2. The third-order valence-electron chi connectivity index (χ3n) is 6.63. The zero-order valence-corrected chi connectivity index (χ0v) is 17.3. The monoisotopic (exact) mass is 391 g/mol. The molecule has 2 heterocycles. The minimum atomic E-state index is -1.26. The van der Waals surface area contributed by atoms with E-state index in [0.29, 0.717) is 48.3 Å². The Labute approximate surface area is 170 Å². The first-order valence-corrected chi connectivity index (χ1v) is 10.2. The fourth-order valence-corrected chi connectivity index (χ4v) is 5.57. The molecule has 1 N–H and O–H groups in total. The summed E-state index contributed by atoms with van der Waals surface area (Å²) in [6, 6.07) is 7.49. The predicted octanol–water partition coefficient (Wildman–Crippen LogP) is 4.19. The third-order valence-corrected chi connectivity index (χ3v) is 6.63. The van der Waals surface area contributed by atoms with Gasteiger partial charge in [-0.15, -0.1) is 0 Å². The summed E-state index contributed by atoms with van der Waals surface area (Å²) in [5.74, 6) is 0.367. The van der Waals surface area contributed by atoms with Crippen molar-refractivity contribution in [3.05, 3.63) is 52.5 Å². The molecule has 1 aromatic rings. The van der Waals surface area contributed by atoms with Crippen LogP contribution >= 0.6 is 0 Å². The van der Waals surface area contributed by atoms with Gasteiger partial charge in [-0.3, -0.25) is 14.4 Å². The van der Waals surface area contributed by atoms with Crippen molar-refractivity contribution in [1.29, 1.82) is 0 Å². The number of carbonyl (C=O) groups is 3. The van der Waals surface area contributed by atoms with Gasteiger partial charge >= 0.3 is 0 Å². The number of ether oxygens (including phenoxy) is 1. The van der Waals surface area contributed by atoms with Crippen molar-refractivity contribution in [3.63, 3.8) is 0 Å². The van der Waals surface area contributed by atoms with Crippen LogP contribution in [0.5, 0.6) is 0 Å². The van der Waals surface area contributed by atoms with Crippen LogP contribution in [0.15, 0.2) is 46.9 Å². The first-order chi connectivity index (χ1) is 13.6. The lowest BCUT2D eigenvalue weighted by atomic mass is 9.57. The Morgan fingerprint density at radius 1 is 0.862 bits per heavy atom. The topological polar surface area (TPSA) is 72.5 Å². The summed E-state index contributed by atoms with van der Waals surface area (Å²) >= 11 is 0. The van der Waals surface area contributed by atoms with Gasteiger partial charge in [-0.25, -0.2) is 0 Å². The molecule has 0 radical (unpaired) electrons. The highest BCUT2D eigenvalue weighted by Gasteiger charge is 2.62. The van der Waals surface area contributed by atoms with Gasteiger partial charge in [-0.1, -0.05) is 45.9 Å². The number of carbonyl (C=O) groups excluding carboxylic acids is 3. The van der Waals surface area contributed by atoms with E-state index >= 15 is 0 Å². The van der Waals surface area contributed by atoms with Gasteiger partial charge in [0.2, 0.25) is 5.91 Å². The van der Waals surface area contributed by atoms with Crippen LogP contribution in [0, 0.1) is 10.8 Å². The largest absolute Gasteiger partial charge is 0.457 e. The van der Waals surface area contributed by atoms with E-state index < -0.39 is 5.41 Å². The number of benzene rings is 1. The van der Waals surface area contributed by atoms with Crippen LogP contribution in [0.3, 0.4) is 0 Å². The number of fused-ring (bicyclic) bond motifs is 4. The van der Waals surface area contributed by atoms with Crippen LogP contribution < -0.4 is 5.32 Å². The van der Waals surface area contributed by atoms with Crippen molar-refractivity contribution in [3.8, 4) is 0 Å². The average Bonchev–Trinajstić information content (AvgIpc) is 2.87. The molecule has 2 aliphatic carbocycles. The molecule has 5 nitrogen and oxygen atoms in total. The molecule has 1 spiro atoms. The standard InChI is InChI=1S/C24H25NO4/c1-22(2)9-14-20(17(27)11-22)29-18-12-23(3,4)10-16(26)19(18)24(14)13-7-5-6-8-15(13)25-21(24)28/h5-8H,9-12H2,1-4H3,(H,25,28)/t24-/m1/s1. The van der Waals surface area contributed by atoms with E-state index in [1.54, 1.807) is 0 Å². The molecule has 4 aliphatic rings. The number of para-hydroxylation sites is 1. The summed E-state index contributed by atoms with van der Waals surface area (Å²) in [5, 5.41) is 2.98. The van der Waals surface area contributed by atoms with Crippen molar-refractivity contribution < 1.29 is 19.1 Å². The highest BCUT2D eigenvalue weighted by Crippen LogP contribution is 2.59. The molecular formula is C24H25NO4. The number of rotatable bonds is 0. The van der Waals surface area contributed by atoms with Crippen molar-refractivity contribution in [2.24, 2.45) is 10.8 Å². The molecule has 1 atom stereocenters. The van der Waals surface area contributed by atoms with E-state index in [2.05, 4.69) is 5.32 Å². The lowest BCUT2D eigenvalue weighted by Gasteiger charge is -2.46. The summed E-state index contributed by atoms with van der Waals surface area (Å²) in [6.45, 7) is 8.08. The Hall–Kier alpha value is -2.69. The summed E-state index contributed by atoms with van der Waals surface area (Å²) in [6.07, 6.45) is 1.78. The number of Topliss-reactive ketones (excluding diaryl/α,β-unsaturated/α-hetero) is 2. The number of hydrogen-bond acceptors (Lipinski definition) is 4. The maximum Gasteiger partial charge on any atom is 0.244 e. The van der Waals surface area contributed by atoms with Gasteiger partial charge in [-0.05, 0) is 23.3 Å². The van der Waals surface area contributed by atoms with E-state index in [1.165, 1.54) is 0 Å². The molecule has 0 unspecified atom stereocenters. The second kappa shape index (κ2) is 5.47. The van der Waals surface area contributed by atoms with Crippen molar-refractivity contribution in [2.75, 3.05) is 5.32 Å². The quantitative estimate of drug-likeness (QED) is 0.720. The Bertz CT molecular complexity index is 1070. The first-order valence-electron chi connectivity index (χ1n) is 10.2. The summed E-state index contributed by atoms with van der Waals surface area (Å²) < 4.78 is 6.16. The van der Waals surface area contributed by atoms with E-state index in [4.69, 9.17) is 4.74 Å². The number of allylic oxidation sites excluding steroid dienone is 2. The van der Waals surface area contributed by atoms with E-state index in [1.807, 2.05) is 52.0 Å². The Balaban J connectivity index is 1.86. The van der Waals surface area contributed by atoms with Crippen LogP contribution in [0.4, 0.5) is 5.69 Å². The molecular weight excluding hydrogens is 366 g/mol. The van der Waals surface area contributed by atoms with Gasteiger partial charge in [0.25, 0.3) is 0 Å². The molecule has 1 aromatic carbocycles. The van der Waals surface area contributed by atoms with Gasteiger partial charge < -0.3 is 10.1 Å². The van der Waals surface area contributed by atoms with E-state index in [-0.39, 0.29) is 34.1 Å². The molecule has 29 heavy (non-hydrogen) atoms. The average molecular weight is 391 g/mol. The van der Waals surface area contributed by atoms with Gasteiger partial charge in [-0.2, -0.15) is 0 Å². The fourth-order valence-electron chi connectivity index (χ4n) is 5.57. The zero-order valence-electron chi connectivity index (χ0n) is 17.3. The van der Waals surface area contributed by atoms with Crippen LogP contribution in [0.2, 0.25) is 0 Å². The summed E-state index contributed by atoms with van der Waals surface area (Å²) in [4.78, 5) is 40.2. The molecule has 0 bridgehead atoms. The third kappa shape index (κ3) is 2.36. The lowest BCUT2D eigenvalue weighted by Crippen LogP contribution is -2.50. The number of hydrogen-bond donors (Lipinski definition) is 1. The maximum atomic E-state index is 13.6. The zero-order chi connectivity index (χ0) is 20.8. The Morgan fingerprint density at radius 2 is 1.52 bits per heavy atom. The molecule has 0 aromatic heterocycles. The minimum absolute atomic E-state index is 0.0644. The first kappa shape index (κ1) is 18.3. The van der Waals surface area contributed by atoms with Crippen molar-refractivity contribution in [2.45, 2.75) is 58.8 Å². The van der Waals surface area contributed by atoms with Crippen LogP contribution in [-0.2, 0) is 24.5 Å². The molecule has 1 amide bonds. The fraction of sp³-hybridized carbons (Fsp3) is 0.458. The minimum Gasteiger partial charge on any atom is -0.457 e. The predicted molar refractivity (Wildman–Crippen MR) is 108 cm³/mol. The van der Waals surface area contributed by atoms with Crippen molar-refractivity contribution in [1.82, 2.24) is 0 Å². The molecule has 0 saturated heterocycles. The molecule has 5 rings (SSSR count). The Kier molecular flexibility index (Phi) is 3.46. The van der Waals surface area contributed by atoms with Crippen molar-refractivity contribution >= 4 is 23.2 Å². The van der Waals surface area contributed by atoms with Gasteiger partial charge in [0.15, 0.2) is 17.3 Å². The van der Waals surface area contributed by atoms with E-state index in [0.717, 1.165) is 5.56 Å². The highest BCUT2D eigenvalue weighted by atomic mass is 16.5. The highest BCUT2D eigenvalue weighted by molar-refractivity contribution is 6.19. The molecule has 150 valence electrons. The Morgan fingerprint density at radius 3 is 2.28 bits per heavy atom. The smallest absolute Gasteiger partial charge is 0.244 e. The number of anilines is 1. The van der Waals surface area contributed by atoms with Gasteiger partial charge in [0, 0.05) is 36.1 Å². The van der Waals surface area contributed by atoms with Gasteiger partial charge in [0.1, 0.15) is 11.2 Å². The second-order valence-electron chi connectivity index (χ2n) is 10.3. The number of amides is 1. The van der Waals surface area contributed by atoms with Gasteiger partial charge in [0.05, 0.1) is 5.57 Å². The molecule has 5 heteroatoms. The van der Waals surface area contributed by atoms with E-state index in [9.17, 15) is 14.4 Å². The maximum absolute atomic E-state index is 13.6. The molecule has 0 saturated carbocycles. The molecule has 2 aliphatic heterocycles. The second-order valence-corrected chi connectivity index (χ2v) is 10.3. The molecule has 0 fully saturated rings. The number of nitrogens with one attached hydrogen (secondary N) is 1. The van der Waals surface area contributed by atoms with Crippen LogP contribution in [-0.4, -0.2) is 17.5 Å².